The summed E-state index contributed by atoms with van der Waals surface area (Å²) in [6, 6.07) is 9.14. The van der Waals surface area contributed by atoms with Crippen molar-refractivity contribution in [3.05, 3.63) is 47.8 Å². The largest absolute Gasteiger partial charge is 0.236 e. The van der Waals surface area contributed by atoms with Gasteiger partial charge >= 0.3 is 0 Å². The maximum Gasteiger partial charge on any atom is 0.159 e. The molecule has 0 atom stereocenters. The molecule has 0 N–H and O–H groups in total. The van der Waals surface area contributed by atoms with Crippen molar-refractivity contribution >= 4 is 0 Å². The summed E-state index contributed by atoms with van der Waals surface area (Å²) in [6.45, 7) is 4.62. The van der Waals surface area contributed by atoms with Crippen LogP contribution in [0.1, 0.15) is 127 Å². The zero-order valence-electron chi connectivity index (χ0n) is 20.6. The van der Waals surface area contributed by atoms with Gasteiger partial charge in [-0.1, -0.05) is 76.6 Å². The molecule has 1 aromatic heterocycles. The van der Waals surface area contributed by atoms with Gasteiger partial charge in [-0.15, -0.1) is 0 Å². The SMILES string of the molecule is CCCCC[C@H]1CC[C@H](c2cnc(-c3ccc([C@H]4CC[C@H](CCC)CC4)cc3)nc2)CC1. The number of hydrogen-bond acceptors (Lipinski definition) is 2. The standard InChI is InChI=1S/C30H44N2/c1-3-5-6-8-24-11-15-27(16-12-24)29-21-31-30(32-22-29)28-19-17-26(18-20-28)25-13-9-23(7-4-2)10-14-25/h17-25,27H,3-16H2,1-2H3/t23-,24-,25-,27-. The lowest BCUT2D eigenvalue weighted by Crippen LogP contribution is -2.14. The van der Waals surface area contributed by atoms with Crippen molar-refractivity contribution in [2.75, 3.05) is 0 Å². The van der Waals surface area contributed by atoms with Crippen LogP contribution in [0.15, 0.2) is 36.7 Å². The molecule has 2 aliphatic carbocycles. The topological polar surface area (TPSA) is 25.8 Å². The number of rotatable bonds is 9. The van der Waals surface area contributed by atoms with E-state index in [1.807, 2.05) is 0 Å². The molecule has 1 heterocycles. The highest BCUT2D eigenvalue weighted by molar-refractivity contribution is 5.55. The van der Waals surface area contributed by atoms with Gasteiger partial charge in [0.05, 0.1) is 0 Å². The van der Waals surface area contributed by atoms with E-state index in [1.54, 1.807) is 0 Å². The zero-order chi connectivity index (χ0) is 22.2. The second-order valence-electron chi connectivity index (χ2n) is 10.7. The monoisotopic (exact) mass is 432 g/mol. The fourth-order valence-electron chi connectivity index (χ4n) is 6.26. The molecule has 0 amide bonds. The molecule has 0 aliphatic heterocycles. The number of hydrogen-bond donors (Lipinski definition) is 0. The molecule has 2 aliphatic rings. The van der Waals surface area contributed by atoms with E-state index < -0.39 is 0 Å². The minimum absolute atomic E-state index is 0.664. The minimum Gasteiger partial charge on any atom is -0.236 e. The number of aromatic nitrogens is 2. The molecule has 0 unspecified atom stereocenters. The summed E-state index contributed by atoms with van der Waals surface area (Å²) in [5.74, 6) is 4.21. The normalized spacial score (nSPS) is 26.2. The molecule has 0 spiro atoms. The van der Waals surface area contributed by atoms with E-state index >= 15 is 0 Å². The molecule has 4 rings (SSSR count). The van der Waals surface area contributed by atoms with Crippen molar-refractivity contribution in [2.45, 2.75) is 116 Å². The smallest absolute Gasteiger partial charge is 0.159 e. The zero-order valence-corrected chi connectivity index (χ0v) is 20.6. The van der Waals surface area contributed by atoms with Crippen molar-refractivity contribution in [1.29, 1.82) is 0 Å². The van der Waals surface area contributed by atoms with Gasteiger partial charge in [0, 0.05) is 18.0 Å². The van der Waals surface area contributed by atoms with E-state index in [0.29, 0.717) is 5.92 Å². The summed E-state index contributed by atoms with van der Waals surface area (Å²) >= 11 is 0. The molecule has 2 saturated carbocycles. The first kappa shape index (κ1) is 23.5. The average molecular weight is 433 g/mol. The quantitative estimate of drug-likeness (QED) is 0.369. The van der Waals surface area contributed by atoms with Crippen LogP contribution in [-0.2, 0) is 0 Å². The van der Waals surface area contributed by atoms with Gasteiger partial charge in [0.2, 0.25) is 0 Å². The Bertz CT molecular complexity index is 779. The second-order valence-corrected chi connectivity index (χ2v) is 10.7. The molecule has 174 valence electrons. The first-order chi connectivity index (χ1) is 15.8. The van der Waals surface area contributed by atoms with Gasteiger partial charge in [-0.05, 0) is 86.2 Å². The lowest BCUT2D eigenvalue weighted by atomic mass is 9.77. The van der Waals surface area contributed by atoms with E-state index in [1.165, 1.54) is 101 Å². The number of nitrogens with zero attached hydrogens (tertiary/aromatic N) is 2. The van der Waals surface area contributed by atoms with Crippen LogP contribution in [0.2, 0.25) is 0 Å². The molecule has 0 saturated heterocycles. The molecule has 2 aromatic rings. The van der Waals surface area contributed by atoms with Crippen LogP contribution in [-0.4, -0.2) is 9.97 Å². The molecular formula is C30H44N2. The van der Waals surface area contributed by atoms with Gasteiger partial charge < -0.3 is 0 Å². The third kappa shape index (κ3) is 6.21. The molecule has 0 radical (unpaired) electrons. The molecule has 32 heavy (non-hydrogen) atoms. The summed E-state index contributed by atoms with van der Waals surface area (Å²) < 4.78 is 0. The Balaban J connectivity index is 1.29. The minimum atomic E-state index is 0.664. The second kappa shape index (κ2) is 12.0. The van der Waals surface area contributed by atoms with Crippen LogP contribution in [0.25, 0.3) is 11.4 Å². The molecule has 2 nitrogen and oxygen atoms in total. The van der Waals surface area contributed by atoms with E-state index in [2.05, 4.69) is 50.5 Å². The molecule has 1 aromatic carbocycles. The first-order valence-corrected chi connectivity index (χ1v) is 13.7. The summed E-state index contributed by atoms with van der Waals surface area (Å²) in [4.78, 5) is 9.53. The van der Waals surface area contributed by atoms with Crippen molar-refractivity contribution in [2.24, 2.45) is 11.8 Å². The van der Waals surface area contributed by atoms with Crippen LogP contribution in [0, 0.1) is 11.8 Å². The van der Waals surface area contributed by atoms with Crippen LogP contribution in [0.4, 0.5) is 0 Å². The molecule has 2 heteroatoms. The lowest BCUT2D eigenvalue weighted by Gasteiger charge is -2.28. The Labute approximate surface area is 196 Å². The van der Waals surface area contributed by atoms with Crippen LogP contribution in [0.3, 0.4) is 0 Å². The Hall–Kier alpha value is -1.70. The fraction of sp³-hybridized carbons (Fsp3) is 0.667. The summed E-state index contributed by atoms with van der Waals surface area (Å²) in [7, 11) is 0. The maximum absolute atomic E-state index is 4.77. The summed E-state index contributed by atoms with van der Waals surface area (Å²) in [5, 5.41) is 0. The summed E-state index contributed by atoms with van der Waals surface area (Å²) in [6.07, 6.45) is 23.5. The van der Waals surface area contributed by atoms with Crippen molar-refractivity contribution in [3.8, 4) is 11.4 Å². The molecule has 2 fully saturated rings. The molecular weight excluding hydrogens is 388 g/mol. The van der Waals surface area contributed by atoms with Crippen LogP contribution >= 0.6 is 0 Å². The molecule has 0 bridgehead atoms. The van der Waals surface area contributed by atoms with Gasteiger partial charge in [-0.3, -0.25) is 0 Å². The van der Waals surface area contributed by atoms with Gasteiger partial charge in [0.1, 0.15) is 0 Å². The average Bonchev–Trinajstić information content (AvgIpc) is 2.86. The van der Waals surface area contributed by atoms with Crippen LogP contribution < -0.4 is 0 Å². The highest BCUT2D eigenvalue weighted by Crippen LogP contribution is 2.39. The number of benzene rings is 1. The predicted molar refractivity (Wildman–Crippen MR) is 136 cm³/mol. The Morgan fingerprint density at radius 3 is 1.75 bits per heavy atom. The van der Waals surface area contributed by atoms with E-state index in [4.69, 9.17) is 9.97 Å². The maximum atomic E-state index is 4.77. The van der Waals surface area contributed by atoms with Gasteiger partial charge in [-0.25, -0.2) is 9.97 Å². The van der Waals surface area contributed by atoms with Crippen molar-refractivity contribution in [1.82, 2.24) is 9.97 Å². The third-order valence-corrected chi connectivity index (χ3v) is 8.39. The lowest BCUT2D eigenvalue weighted by molar-refractivity contribution is 0.302. The van der Waals surface area contributed by atoms with Crippen LogP contribution in [0.5, 0.6) is 0 Å². The van der Waals surface area contributed by atoms with Gasteiger partial charge in [-0.2, -0.15) is 0 Å². The fourth-order valence-corrected chi connectivity index (χ4v) is 6.26. The Morgan fingerprint density at radius 2 is 1.19 bits per heavy atom. The van der Waals surface area contributed by atoms with E-state index in [-0.39, 0.29) is 0 Å². The van der Waals surface area contributed by atoms with Crippen molar-refractivity contribution in [3.63, 3.8) is 0 Å². The van der Waals surface area contributed by atoms with Crippen molar-refractivity contribution < 1.29 is 0 Å². The van der Waals surface area contributed by atoms with Gasteiger partial charge in [0.15, 0.2) is 5.82 Å². The van der Waals surface area contributed by atoms with E-state index in [9.17, 15) is 0 Å². The Kier molecular flexibility index (Phi) is 8.77. The highest BCUT2D eigenvalue weighted by atomic mass is 14.9. The first-order valence-electron chi connectivity index (χ1n) is 13.7. The highest BCUT2D eigenvalue weighted by Gasteiger charge is 2.23. The Morgan fingerprint density at radius 1 is 0.625 bits per heavy atom. The summed E-state index contributed by atoms with van der Waals surface area (Å²) in [5.41, 5.74) is 4.01. The van der Waals surface area contributed by atoms with Gasteiger partial charge in [0.25, 0.3) is 0 Å². The predicted octanol–water partition coefficient (Wildman–Crippen LogP) is 9.07. The third-order valence-electron chi connectivity index (χ3n) is 8.39. The number of unbranched alkanes of at least 4 members (excludes halogenated alkanes) is 2. The van der Waals surface area contributed by atoms with E-state index in [0.717, 1.165) is 29.1 Å².